The third-order valence-electron chi connectivity index (χ3n) is 2.37. The van der Waals surface area contributed by atoms with E-state index >= 15 is 0 Å². The van der Waals surface area contributed by atoms with E-state index in [1.54, 1.807) is 0 Å². The summed E-state index contributed by atoms with van der Waals surface area (Å²) in [6, 6.07) is 0. The molecular formula is C10H12F3N3OS. The maximum Gasteiger partial charge on any atom is 0.401 e. The molecule has 2 rings (SSSR count). The van der Waals surface area contributed by atoms with E-state index in [4.69, 9.17) is 0 Å². The topological polar surface area (TPSA) is 54.0 Å². The van der Waals surface area contributed by atoms with Crippen molar-refractivity contribution in [1.29, 1.82) is 0 Å². The quantitative estimate of drug-likeness (QED) is 0.868. The van der Waals surface area contributed by atoms with Gasteiger partial charge in [-0.3, -0.25) is 4.79 Å². The van der Waals surface area contributed by atoms with E-state index in [1.165, 1.54) is 11.3 Å². The lowest BCUT2D eigenvalue weighted by Gasteiger charge is -2.07. The molecule has 0 radical (unpaired) electrons. The lowest BCUT2D eigenvalue weighted by Crippen LogP contribution is -2.35. The number of alkyl halides is 3. The maximum absolute atomic E-state index is 11.8. The third-order valence-corrected chi connectivity index (χ3v) is 3.15. The summed E-state index contributed by atoms with van der Waals surface area (Å²) >= 11 is 1.29. The SMILES string of the molecule is O=C(CNCC(F)(F)F)Nc1nc(C2CC2)cs1. The second-order valence-electron chi connectivity index (χ2n) is 4.12. The smallest absolute Gasteiger partial charge is 0.301 e. The van der Waals surface area contributed by atoms with E-state index in [0.29, 0.717) is 11.0 Å². The summed E-state index contributed by atoms with van der Waals surface area (Å²) in [7, 11) is 0. The predicted octanol–water partition coefficient (Wildman–Crippen LogP) is 2.11. The van der Waals surface area contributed by atoms with E-state index < -0.39 is 18.6 Å². The van der Waals surface area contributed by atoms with Crippen molar-refractivity contribution in [2.45, 2.75) is 24.9 Å². The third kappa shape index (κ3) is 4.26. The Morgan fingerprint density at radius 2 is 2.22 bits per heavy atom. The highest BCUT2D eigenvalue weighted by Gasteiger charge is 2.27. The van der Waals surface area contributed by atoms with Crippen LogP contribution in [0, 0.1) is 0 Å². The van der Waals surface area contributed by atoms with E-state index in [2.05, 4.69) is 10.3 Å². The van der Waals surface area contributed by atoms with Crippen molar-refractivity contribution in [3.8, 4) is 0 Å². The van der Waals surface area contributed by atoms with Crippen LogP contribution in [0.2, 0.25) is 0 Å². The fourth-order valence-electron chi connectivity index (χ4n) is 1.39. The van der Waals surface area contributed by atoms with Gasteiger partial charge >= 0.3 is 6.18 Å². The number of hydrogen-bond acceptors (Lipinski definition) is 4. The van der Waals surface area contributed by atoms with Crippen LogP contribution in [-0.2, 0) is 4.79 Å². The molecule has 0 aliphatic heterocycles. The first-order chi connectivity index (χ1) is 8.44. The van der Waals surface area contributed by atoms with Crippen molar-refractivity contribution in [2.75, 3.05) is 18.4 Å². The van der Waals surface area contributed by atoms with Gasteiger partial charge in [-0.2, -0.15) is 13.2 Å². The molecule has 1 aliphatic carbocycles. The standard InChI is InChI=1S/C10H12F3N3OS/c11-10(12,13)5-14-3-8(17)16-9-15-7(4-18-9)6-1-2-6/h4,6,14H,1-3,5H2,(H,15,16,17). The second-order valence-corrected chi connectivity index (χ2v) is 4.98. The van der Waals surface area contributed by atoms with Crippen LogP contribution in [0.1, 0.15) is 24.5 Å². The lowest BCUT2D eigenvalue weighted by molar-refractivity contribution is -0.126. The molecule has 1 aromatic heterocycles. The summed E-state index contributed by atoms with van der Waals surface area (Å²) in [5.41, 5.74) is 0.957. The van der Waals surface area contributed by atoms with Gasteiger partial charge in [0.25, 0.3) is 0 Å². The number of nitrogens with one attached hydrogen (secondary N) is 2. The molecule has 0 aromatic carbocycles. The first-order valence-corrected chi connectivity index (χ1v) is 6.35. The summed E-state index contributed by atoms with van der Waals surface area (Å²) < 4.78 is 35.5. The molecule has 1 saturated carbocycles. The minimum atomic E-state index is -4.30. The fourth-order valence-corrected chi connectivity index (χ4v) is 2.20. The van der Waals surface area contributed by atoms with Crippen molar-refractivity contribution < 1.29 is 18.0 Å². The Balaban J connectivity index is 1.72. The summed E-state index contributed by atoms with van der Waals surface area (Å²) in [6.45, 7) is -1.55. The molecule has 2 N–H and O–H groups in total. The van der Waals surface area contributed by atoms with Crippen LogP contribution in [0.25, 0.3) is 0 Å². The van der Waals surface area contributed by atoms with Crippen molar-refractivity contribution in [3.63, 3.8) is 0 Å². The van der Waals surface area contributed by atoms with E-state index in [0.717, 1.165) is 18.5 Å². The molecular weight excluding hydrogens is 267 g/mol. The Labute approximate surface area is 106 Å². The van der Waals surface area contributed by atoms with Gasteiger partial charge in [-0.1, -0.05) is 0 Å². The molecule has 0 unspecified atom stereocenters. The summed E-state index contributed by atoms with van der Waals surface area (Å²) in [4.78, 5) is 15.5. The summed E-state index contributed by atoms with van der Waals surface area (Å²) in [5.74, 6) is -0.0220. The normalized spacial score (nSPS) is 15.7. The molecule has 0 bridgehead atoms. The molecule has 8 heteroatoms. The number of anilines is 1. The molecule has 1 fully saturated rings. The molecule has 0 atom stereocenters. The zero-order valence-electron chi connectivity index (χ0n) is 9.38. The average molecular weight is 279 g/mol. The van der Waals surface area contributed by atoms with Gasteiger partial charge in [0, 0.05) is 11.3 Å². The van der Waals surface area contributed by atoms with Crippen molar-refractivity contribution in [2.24, 2.45) is 0 Å². The monoisotopic (exact) mass is 279 g/mol. The highest BCUT2D eigenvalue weighted by molar-refractivity contribution is 7.13. The Morgan fingerprint density at radius 1 is 1.50 bits per heavy atom. The van der Waals surface area contributed by atoms with Crippen molar-refractivity contribution in [1.82, 2.24) is 10.3 Å². The first-order valence-electron chi connectivity index (χ1n) is 5.47. The van der Waals surface area contributed by atoms with E-state index in [9.17, 15) is 18.0 Å². The van der Waals surface area contributed by atoms with Crippen LogP contribution in [0.4, 0.5) is 18.3 Å². The van der Waals surface area contributed by atoms with Gasteiger partial charge in [-0.15, -0.1) is 11.3 Å². The molecule has 1 heterocycles. The second kappa shape index (κ2) is 5.23. The molecule has 0 spiro atoms. The summed E-state index contributed by atoms with van der Waals surface area (Å²) in [5, 5.41) is 6.81. The molecule has 100 valence electrons. The predicted molar refractivity (Wildman–Crippen MR) is 61.6 cm³/mol. The number of nitrogens with zero attached hydrogens (tertiary/aromatic N) is 1. The van der Waals surface area contributed by atoms with E-state index in [-0.39, 0.29) is 6.54 Å². The Morgan fingerprint density at radius 3 is 2.83 bits per heavy atom. The molecule has 0 saturated heterocycles. The number of rotatable bonds is 5. The molecule has 18 heavy (non-hydrogen) atoms. The number of thiazole rings is 1. The highest BCUT2D eigenvalue weighted by Crippen LogP contribution is 2.40. The highest BCUT2D eigenvalue weighted by atomic mass is 32.1. The van der Waals surface area contributed by atoms with Crippen LogP contribution < -0.4 is 10.6 Å². The van der Waals surface area contributed by atoms with Gasteiger partial charge in [-0.25, -0.2) is 4.98 Å². The Kier molecular flexibility index (Phi) is 3.86. The van der Waals surface area contributed by atoms with Gasteiger partial charge in [0.2, 0.25) is 5.91 Å². The van der Waals surface area contributed by atoms with Gasteiger partial charge < -0.3 is 10.6 Å². The molecule has 4 nitrogen and oxygen atoms in total. The zero-order valence-corrected chi connectivity index (χ0v) is 10.2. The average Bonchev–Trinajstić information content (AvgIpc) is 2.99. The van der Waals surface area contributed by atoms with Crippen molar-refractivity contribution in [3.05, 3.63) is 11.1 Å². The number of aromatic nitrogens is 1. The van der Waals surface area contributed by atoms with Gasteiger partial charge in [0.1, 0.15) is 0 Å². The zero-order chi connectivity index (χ0) is 13.2. The molecule has 1 aromatic rings. The molecule has 1 amide bonds. The van der Waals surface area contributed by atoms with Crippen molar-refractivity contribution >= 4 is 22.4 Å². The maximum atomic E-state index is 11.8. The van der Waals surface area contributed by atoms with Crippen LogP contribution >= 0.6 is 11.3 Å². The van der Waals surface area contributed by atoms with Crippen LogP contribution in [0.3, 0.4) is 0 Å². The number of carbonyl (C=O) groups is 1. The first kappa shape index (κ1) is 13.3. The van der Waals surface area contributed by atoms with Gasteiger partial charge in [-0.05, 0) is 12.8 Å². The Bertz CT molecular complexity index is 428. The lowest BCUT2D eigenvalue weighted by atomic mass is 10.3. The minimum Gasteiger partial charge on any atom is -0.301 e. The van der Waals surface area contributed by atoms with Crippen LogP contribution in [-0.4, -0.2) is 30.2 Å². The minimum absolute atomic E-state index is 0.377. The Hall–Kier alpha value is -1.15. The largest absolute Gasteiger partial charge is 0.401 e. The van der Waals surface area contributed by atoms with Gasteiger partial charge in [0.05, 0.1) is 18.8 Å². The van der Waals surface area contributed by atoms with Crippen LogP contribution in [0.5, 0.6) is 0 Å². The summed E-state index contributed by atoms with van der Waals surface area (Å²) in [6.07, 6.45) is -2.07. The van der Waals surface area contributed by atoms with Gasteiger partial charge in [0.15, 0.2) is 5.13 Å². The number of amides is 1. The van der Waals surface area contributed by atoms with Crippen LogP contribution in [0.15, 0.2) is 5.38 Å². The molecule has 1 aliphatic rings. The fraction of sp³-hybridized carbons (Fsp3) is 0.600. The number of carbonyl (C=O) groups excluding carboxylic acids is 1. The van der Waals surface area contributed by atoms with E-state index in [1.807, 2.05) is 10.7 Å². The number of hydrogen-bond donors (Lipinski definition) is 2. The number of halogens is 3.